The van der Waals surface area contributed by atoms with Gasteiger partial charge in [0.05, 0.1) is 20.7 Å². The highest BCUT2D eigenvalue weighted by Crippen LogP contribution is 2.35. The monoisotopic (exact) mass is 564 g/mol. The Hall–Kier alpha value is -1.96. The first-order valence-electron chi connectivity index (χ1n) is 8.28. The minimum atomic E-state index is -0.287. The summed E-state index contributed by atoms with van der Waals surface area (Å²) in [7, 11) is 0. The van der Waals surface area contributed by atoms with Crippen molar-refractivity contribution in [2.24, 2.45) is 5.10 Å². The van der Waals surface area contributed by atoms with Crippen LogP contribution in [0, 0.1) is 0 Å². The number of nitrogens with one attached hydrogen (secondary N) is 1. The Bertz CT molecular complexity index is 985. The van der Waals surface area contributed by atoms with E-state index in [4.69, 9.17) is 4.74 Å². The topological polar surface area (TPSA) is 50.7 Å². The zero-order chi connectivity index (χ0) is 19.9. The number of halogens is 3. The fourth-order valence-corrected chi connectivity index (χ4v) is 4.31. The molecule has 3 aromatic rings. The lowest BCUT2D eigenvalue weighted by atomic mass is 10.2. The van der Waals surface area contributed by atoms with Gasteiger partial charge in [0, 0.05) is 4.47 Å². The molecule has 7 heteroatoms. The molecular formula is C21H15Br3N2O2. The van der Waals surface area contributed by atoms with Gasteiger partial charge < -0.3 is 4.74 Å². The fraction of sp³-hybridized carbons (Fsp3) is 0.0476. The Morgan fingerprint density at radius 3 is 2.25 bits per heavy atom. The number of nitrogens with zero attached hydrogens (tertiary/aromatic N) is 1. The molecule has 1 N–H and O–H groups in total. The molecule has 0 aromatic heterocycles. The molecule has 0 spiro atoms. The number of carbonyl (C=O) groups is 1. The van der Waals surface area contributed by atoms with E-state index in [2.05, 4.69) is 58.3 Å². The smallest absolute Gasteiger partial charge is 0.272 e. The Kier molecular flexibility index (Phi) is 7.42. The van der Waals surface area contributed by atoms with Crippen LogP contribution in [0.5, 0.6) is 5.75 Å². The Balaban J connectivity index is 1.66. The van der Waals surface area contributed by atoms with E-state index in [1.165, 1.54) is 0 Å². The summed E-state index contributed by atoms with van der Waals surface area (Å²) in [5.41, 5.74) is 4.94. The molecule has 0 saturated heterocycles. The Morgan fingerprint density at radius 1 is 0.929 bits per heavy atom. The predicted octanol–water partition coefficient (Wildman–Crippen LogP) is 6.32. The number of ether oxygens (including phenoxy) is 1. The molecule has 0 radical (unpaired) electrons. The van der Waals surface area contributed by atoms with Crippen molar-refractivity contribution < 1.29 is 9.53 Å². The van der Waals surface area contributed by atoms with Crippen LogP contribution in [0.4, 0.5) is 0 Å². The lowest BCUT2D eigenvalue weighted by Crippen LogP contribution is -2.18. The number of hydrogen-bond acceptors (Lipinski definition) is 3. The van der Waals surface area contributed by atoms with Crippen molar-refractivity contribution in [3.05, 3.63) is 96.8 Å². The molecule has 28 heavy (non-hydrogen) atoms. The molecule has 1 amide bonds. The largest absolute Gasteiger partial charge is 0.487 e. The van der Waals surface area contributed by atoms with Gasteiger partial charge in [0.25, 0.3) is 5.91 Å². The van der Waals surface area contributed by atoms with E-state index in [-0.39, 0.29) is 5.91 Å². The molecule has 4 nitrogen and oxygen atoms in total. The van der Waals surface area contributed by atoms with Crippen LogP contribution < -0.4 is 10.2 Å². The van der Waals surface area contributed by atoms with Crippen molar-refractivity contribution in [1.82, 2.24) is 5.43 Å². The molecule has 0 bridgehead atoms. The third kappa shape index (κ3) is 5.53. The zero-order valence-corrected chi connectivity index (χ0v) is 19.3. The average molecular weight is 567 g/mol. The van der Waals surface area contributed by atoms with E-state index in [1.54, 1.807) is 24.4 Å². The van der Waals surface area contributed by atoms with Crippen molar-refractivity contribution in [2.45, 2.75) is 6.61 Å². The molecule has 0 heterocycles. The van der Waals surface area contributed by atoms with Crippen LogP contribution in [0.25, 0.3) is 0 Å². The third-order valence-corrected chi connectivity index (χ3v) is 5.61. The fourth-order valence-electron chi connectivity index (χ4n) is 2.39. The molecule has 0 aliphatic carbocycles. The van der Waals surface area contributed by atoms with Crippen LogP contribution in [0.15, 0.2) is 85.2 Å². The van der Waals surface area contributed by atoms with Gasteiger partial charge in [-0.05, 0) is 83.2 Å². The van der Waals surface area contributed by atoms with E-state index in [9.17, 15) is 4.79 Å². The van der Waals surface area contributed by atoms with E-state index >= 15 is 0 Å². The van der Waals surface area contributed by atoms with Crippen molar-refractivity contribution in [2.75, 3.05) is 0 Å². The van der Waals surface area contributed by atoms with E-state index in [0.717, 1.165) is 20.1 Å². The molecule has 0 saturated carbocycles. The summed E-state index contributed by atoms with van der Waals surface area (Å²) in [6, 6.07) is 20.9. The first-order chi connectivity index (χ1) is 13.5. The summed E-state index contributed by atoms with van der Waals surface area (Å²) < 4.78 is 8.20. The van der Waals surface area contributed by atoms with Crippen LogP contribution >= 0.6 is 47.8 Å². The van der Waals surface area contributed by atoms with Crippen LogP contribution in [-0.4, -0.2) is 12.1 Å². The molecule has 0 aliphatic heterocycles. The van der Waals surface area contributed by atoms with Gasteiger partial charge in [-0.15, -0.1) is 0 Å². The normalized spacial score (nSPS) is 10.8. The van der Waals surface area contributed by atoms with Gasteiger partial charge >= 0.3 is 0 Å². The molecule has 3 rings (SSSR count). The minimum absolute atomic E-state index is 0.287. The number of benzene rings is 3. The first-order valence-corrected chi connectivity index (χ1v) is 10.7. The molecule has 0 aliphatic rings. The van der Waals surface area contributed by atoms with Crippen molar-refractivity contribution in [3.63, 3.8) is 0 Å². The van der Waals surface area contributed by atoms with Crippen LogP contribution in [0.3, 0.4) is 0 Å². The predicted molar refractivity (Wildman–Crippen MR) is 122 cm³/mol. The van der Waals surface area contributed by atoms with Gasteiger partial charge in [0.2, 0.25) is 0 Å². The van der Waals surface area contributed by atoms with E-state index in [0.29, 0.717) is 22.4 Å². The molecule has 0 unspecified atom stereocenters. The van der Waals surface area contributed by atoms with Crippen molar-refractivity contribution >= 4 is 59.9 Å². The molecule has 3 aromatic carbocycles. The van der Waals surface area contributed by atoms with Crippen LogP contribution in [0.1, 0.15) is 21.5 Å². The average Bonchev–Trinajstić information content (AvgIpc) is 2.68. The summed E-state index contributed by atoms with van der Waals surface area (Å²) in [5, 5.41) is 4.04. The lowest BCUT2D eigenvalue weighted by molar-refractivity contribution is 0.0954. The molecule has 0 atom stereocenters. The van der Waals surface area contributed by atoms with Crippen molar-refractivity contribution in [3.8, 4) is 5.75 Å². The van der Waals surface area contributed by atoms with Crippen LogP contribution in [-0.2, 0) is 6.61 Å². The molecule has 0 fully saturated rings. The SMILES string of the molecule is O=C(N/N=C\c1cc(Br)c(OCc2ccccc2)c(Br)c1)c1ccccc1Br. The van der Waals surface area contributed by atoms with E-state index in [1.807, 2.05) is 48.5 Å². The Labute approximate surface area is 188 Å². The number of hydrogen-bond donors (Lipinski definition) is 1. The number of carbonyl (C=O) groups excluding carboxylic acids is 1. The highest BCUT2D eigenvalue weighted by molar-refractivity contribution is 9.11. The molecular weight excluding hydrogens is 552 g/mol. The maximum Gasteiger partial charge on any atom is 0.272 e. The first kappa shape index (κ1) is 20.8. The summed E-state index contributed by atoms with van der Waals surface area (Å²) in [6.45, 7) is 0.466. The second-order valence-corrected chi connectivity index (χ2v) is 8.33. The van der Waals surface area contributed by atoms with Gasteiger partial charge in [-0.1, -0.05) is 42.5 Å². The quantitative estimate of drug-likeness (QED) is 0.280. The zero-order valence-electron chi connectivity index (χ0n) is 14.5. The van der Waals surface area contributed by atoms with Gasteiger partial charge in [-0.3, -0.25) is 4.79 Å². The standard InChI is InChI=1S/C21H15Br3N2O2/c22-17-9-5-4-8-16(17)21(27)26-25-12-15-10-18(23)20(19(24)11-15)28-13-14-6-2-1-3-7-14/h1-12H,13H2,(H,26,27)/b25-12-. The maximum atomic E-state index is 12.2. The highest BCUT2D eigenvalue weighted by atomic mass is 79.9. The van der Waals surface area contributed by atoms with Gasteiger partial charge in [0.15, 0.2) is 0 Å². The second-order valence-electron chi connectivity index (χ2n) is 5.77. The van der Waals surface area contributed by atoms with Gasteiger partial charge in [-0.25, -0.2) is 5.43 Å². The minimum Gasteiger partial charge on any atom is -0.487 e. The summed E-state index contributed by atoms with van der Waals surface area (Å²) in [6.07, 6.45) is 1.57. The lowest BCUT2D eigenvalue weighted by Gasteiger charge is -2.11. The Morgan fingerprint density at radius 2 is 1.57 bits per heavy atom. The van der Waals surface area contributed by atoms with Crippen molar-refractivity contribution in [1.29, 1.82) is 0 Å². The second kappa shape index (κ2) is 10.0. The maximum absolute atomic E-state index is 12.2. The van der Waals surface area contributed by atoms with E-state index < -0.39 is 0 Å². The number of hydrazone groups is 1. The third-order valence-electron chi connectivity index (χ3n) is 3.74. The number of rotatable bonds is 6. The number of amides is 1. The summed E-state index contributed by atoms with van der Waals surface area (Å²) >= 11 is 10.4. The van der Waals surface area contributed by atoms with Crippen LogP contribution in [0.2, 0.25) is 0 Å². The summed E-state index contributed by atoms with van der Waals surface area (Å²) in [5.74, 6) is 0.419. The molecule has 142 valence electrons. The summed E-state index contributed by atoms with van der Waals surface area (Å²) in [4.78, 5) is 12.2. The highest BCUT2D eigenvalue weighted by Gasteiger charge is 2.10. The van der Waals surface area contributed by atoms with Gasteiger partial charge in [-0.2, -0.15) is 5.10 Å². The van der Waals surface area contributed by atoms with Gasteiger partial charge in [0.1, 0.15) is 12.4 Å².